The average molecular weight is 421 g/mol. The van der Waals surface area contributed by atoms with E-state index in [1.54, 1.807) is 24.3 Å². The number of nitrogens with zero attached hydrogens (tertiary/aromatic N) is 4. The Labute approximate surface area is 176 Å². The second-order valence-corrected chi connectivity index (χ2v) is 8.26. The quantitative estimate of drug-likeness (QED) is 0.543. The molecular weight excluding hydrogens is 402 g/mol. The standard InChI is InChI=1S/C21H19N5O3S/c27-20(15-6-4-12-29-15)22-18-9-8-16(30-18)21(28)25-10-3-5-14(13-25)19-24-23-17-7-1-2-11-26(17)19/h1-2,4,6-9,11-12,14H,3,5,10,13H2,(H,22,27). The van der Waals surface area contributed by atoms with Crippen LogP contribution in [-0.2, 0) is 0 Å². The molecule has 5 rings (SSSR count). The van der Waals surface area contributed by atoms with E-state index in [1.165, 1.54) is 17.6 Å². The van der Waals surface area contributed by atoms with Gasteiger partial charge in [-0.05, 0) is 49.2 Å². The van der Waals surface area contributed by atoms with E-state index in [0.717, 1.165) is 24.3 Å². The first-order valence-corrected chi connectivity index (χ1v) is 10.5. The molecule has 9 heteroatoms. The topological polar surface area (TPSA) is 92.7 Å². The zero-order valence-corrected chi connectivity index (χ0v) is 16.8. The normalized spacial score (nSPS) is 16.7. The molecule has 1 aliphatic heterocycles. The van der Waals surface area contributed by atoms with Gasteiger partial charge < -0.3 is 14.6 Å². The van der Waals surface area contributed by atoms with Crippen molar-refractivity contribution in [2.75, 3.05) is 18.4 Å². The van der Waals surface area contributed by atoms with Crippen LogP contribution < -0.4 is 5.32 Å². The molecule has 5 heterocycles. The van der Waals surface area contributed by atoms with Gasteiger partial charge in [-0.1, -0.05) is 6.07 Å². The van der Waals surface area contributed by atoms with Crippen molar-refractivity contribution in [1.29, 1.82) is 0 Å². The van der Waals surface area contributed by atoms with Crippen LogP contribution in [0.5, 0.6) is 0 Å². The Morgan fingerprint density at radius 1 is 1.13 bits per heavy atom. The second-order valence-electron chi connectivity index (χ2n) is 7.17. The number of amides is 2. The maximum Gasteiger partial charge on any atom is 0.291 e. The molecule has 30 heavy (non-hydrogen) atoms. The summed E-state index contributed by atoms with van der Waals surface area (Å²) >= 11 is 1.26. The number of nitrogens with one attached hydrogen (secondary N) is 1. The summed E-state index contributed by atoms with van der Waals surface area (Å²) in [7, 11) is 0. The maximum absolute atomic E-state index is 13.1. The van der Waals surface area contributed by atoms with Crippen LogP contribution in [-0.4, -0.2) is 44.4 Å². The highest BCUT2D eigenvalue weighted by Gasteiger charge is 2.29. The fraction of sp³-hybridized carbons (Fsp3) is 0.238. The zero-order valence-electron chi connectivity index (χ0n) is 16.0. The molecule has 1 aliphatic rings. The molecule has 4 aromatic rings. The van der Waals surface area contributed by atoms with Gasteiger partial charge in [-0.15, -0.1) is 21.5 Å². The average Bonchev–Trinajstić information content (AvgIpc) is 3.53. The minimum atomic E-state index is -0.336. The molecule has 2 amide bonds. The van der Waals surface area contributed by atoms with Gasteiger partial charge in [0.05, 0.1) is 16.1 Å². The van der Waals surface area contributed by atoms with Crippen molar-refractivity contribution < 1.29 is 14.0 Å². The van der Waals surface area contributed by atoms with E-state index in [0.29, 0.717) is 23.0 Å². The number of carbonyl (C=O) groups excluding carboxylic acids is 2. The summed E-state index contributed by atoms with van der Waals surface area (Å²) in [5.74, 6) is 0.893. The highest BCUT2D eigenvalue weighted by Crippen LogP contribution is 2.29. The van der Waals surface area contributed by atoms with Gasteiger partial charge in [-0.25, -0.2) is 0 Å². The first-order chi connectivity index (χ1) is 14.7. The van der Waals surface area contributed by atoms with Crippen LogP contribution in [0.4, 0.5) is 5.00 Å². The Morgan fingerprint density at radius 2 is 2.07 bits per heavy atom. The molecule has 1 saturated heterocycles. The molecule has 1 fully saturated rings. The van der Waals surface area contributed by atoms with Gasteiger partial charge in [0.2, 0.25) is 0 Å². The number of furan rings is 1. The van der Waals surface area contributed by atoms with Crippen molar-refractivity contribution >= 4 is 33.8 Å². The molecule has 0 radical (unpaired) electrons. The Hall–Kier alpha value is -3.46. The van der Waals surface area contributed by atoms with Crippen LogP contribution in [0.15, 0.2) is 59.3 Å². The summed E-state index contributed by atoms with van der Waals surface area (Å²) in [6.07, 6.45) is 5.28. The summed E-state index contributed by atoms with van der Waals surface area (Å²) in [6.45, 7) is 1.30. The van der Waals surface area contributed by atoms with Crippen LogP contribution in [0.1, 0.15) is 44.8 Å². The third-order valence-electron chi connectivity index (χ3n) is 5.21. The number of rotatable bonds is 4. The SMILES string of the molecule is O=C(Nc1ccc(C(=O)N2CCCC(c3nnc4ccccn34)C2)s1)c1ccco1. The minimum Gasteiger partial charge on any atom is -0.459 e. The van der Waals surface area contributed by atoms with E-state index >= 15 is 0 Å². The van der Waals surface area contributed by atoms with Gasteiger partial charge in [0.15, 0.2) is 11.4 Å². The van der Waals surface area contributed by atoms with Crippen LogP contribution in [0.2, 0.25) is 0 Å². The molecule has 1 unspecified atom stereocenters. The smallest absolute Gasteiger partial charge is 0.291 e. The summed E-state index contributed by atoms with van der Waals surface area (Å²) in [5.41, 5.74) is 0.811. The predicted molar refractivity (Wildman–Crippen MR) is 112 cm³/mol. The van der Waals surface area contributed by atoms with Crippen molar-refractivity contribution in [3.05, 3.63) is 71.4 Å². The number of hydrogen-bond acceptors (Lipinski definition) is 6. The van der Waals surface area contributed by atoms with Crippen molar-refractivity contribution in [2.45, 2.75) is 18.8 Å². The Kier molecular flexibility index (Phi) is 4.80. The molecular formula is C21H19N5O3S. The lowest BCUT2D eigenvalue weighted by molar-refractivity contribution is 0.0709. The fourth-order valence-electron chi connectivity index (χ4n) is 3.77. The third-order valence-corrected chi connectivity index (χ3v) is 6.20. The number of hydrogen-bond donors (Lipinski definition) is 1. The molecule has 1 N–H and O–H groups in total. The summed E-state index contributed by atoms with van der Waals surface area (Å²) in [5, 5.41) is 12.0. The van der Waals surface area contributed by atoms with Gasteiger partial charge in [-0.3, -0.25) is 14.0 Å². The molecule has 0 bridgehead atoms. The number of anilines is 1. The summed E-state index contributed by atoms with van der Waals surface area (Å²) in [4.78, 5) is 27.7. The number of aromatic nitrogens is 3. The minimum absolute atomic E-state index is 0.0305. The zero-order chi connectivity index (χ0) is 20.5. The van der Waals surface area contributed by atoms with Gasteiger partial charge in [0, 0.05) is 25.2 Å². The van der Waals surface area contributed by atoms with Crippen molar-refractivity contribution in [1.82, 2.24) is 19.5 Å². The lowest BCUT2D eigenvalue weighted by Gasteiger charge is -2.31. The molecule has 0 aliphatic carbocycles. The molecule has 1 atom stereocenters. The maximum atomic E-state index is 13.1. The van der Waals surface area contributed by atoms with E-state index in [2.05, 4.69) is 15.5 Å². The van der Waals surface area contributed by atoms with E-state index in [1.807, 2.05) is 33.7 Å². The van der Waals surface area contributed by atoms with Crippen LogP contribution in [0.25, 0.3) is 5.65 Å². The Morgan fingerprint density at radius 3 is 2.93 bits per heavy atom. The number of piperidine rings is 1. The van der Waals surface area contributed by atoms with Gasteiger partial charge in [-0.2, -0.15) is 0 Å². The number of thiophene rings is 1. The molecule has 8 nitrogen and oxygen atoms in total. The molecule has 0 saturated carbocycles. The number of carbonyl (C=O) groups is 2. The van der Waals surface area contributed by atoms with Crippen LogP contribution in [0, 0.1) is 0 Å². The highest BCUT2D eigenvalue weighted by atomic mass is 32.1. The van der Waals surface area contributed by atoms with E-state index < -0.39 is 0 Å². The van der Waals surface area contributed by atoms with E-state index in [9.17, 15) is 9.59 Å². The molecule has 0 spiro atoms. The second kappa shape index (κ2) is 7.75. The molecule has 4 aromatic heterocycles. The van der Waals surface area contributed by atoms with Crippen molar-refractivity contribution in [2.24, 2.45) is 0 Å². The lowest BCUT2D eigenvalue weighted by Crippen LogP contribution is -2.39. The van der Waals surface area contributed by atoms with Gasteiger partial charge in [0.25, 0.3) is 11.8 Å². The molecule has 0 aromatic carbocycles. The summed E-state index contributed by atoms with van der Waals surface area (Å²) < 4.78 is 7.09. The van der Waals surface area contributed by atoms with Crippen molar-refractivity contribution in [3.63, 3.8) is 0 Å². The summed E-state index contributed by atoms with van der Waals surface area (Å²) in [6, 6.07) is 12.6. The van der Waals surface area contributed by atoms with Gasteiger partial charge in [0.1, 0.15) is 5.82 Å². The van der Waals surface area contributed by atoms with E-state index in [-0.39, 0.29) is 23.5 Å². The highest BCUT2D eigenvalue weighted by molar-refractivity contribution is 7.18. The predicted octanol–water partition coefficient (Wildman–Crippen LogP) is 3.66. The monoisotopic (exact) mass is 421 g/mol. The number of pyridine rings is 1. The first-order valence-electron chi connectivity index (χ1n) is 9.72. The number of fused-ring (bicyclic) bond motifs is 1. The van der Waals surface area contributed by atoms with Crippen LogP contribution in [0.3, 0.4) is 0 Å². The van der Waals surface area contributed by atoms with Crippen LogP contribution >= 0.6 is 11.3 Å². The first kappa shape index (κ1) is 18.6. The lowest BCUT2D eigenvalue weighted by atomic mass is 9.97. The largest absolute Gasteiger partial charge is 0.459 e. The van der Waals surface area contributed by atoms with Gasteiger partial charge >= 0.3 is 0 Å². The Balaban J connectivity index is 1.29. The van der Waals surface area contributed by atoms with Crippen molar-refractivity contribution in [3.8, 4) is 0 Å². The van der Waals surface area contributed by atoms with E-state index in [4.69, 9.17) is 4.42 Å². The Bertz CT molecular complexity index is 1200. The number of likely N-dealkylation sites (tertiary alicyclic amines) is 1. The fourth-order valence-corrected chi connectivity index (χ4v) is 4.64. The third kappa shape index (κ3) is 3.48. The molecule has 152 valence electrons.